The van der Waals surface area contributed by atoms with Gasteiger partial charge < -0.3 is 10.6 Å². The second-order valence-corrected chi connectivity index (χ2v) is 4.07. The third kappa shape index (κ3) is 5.57. The Hall–Kier alpha value is -0.830. The van der Waals surface area contributed by atoms with Crippen molar-refractivity contribution in [3.05, 3.63) is 12.2 Å². The molecular weight excluding hydrogens is 188 g/mol. The number of carbonyl (C=O) groups excluding carboxylic acids is 1. The molecule has 0 heterocycles. The lowest BCUT2D eigenvalue weighted by Gasteiger charge is -2.08. The van der Waals surface area contributed by atoms with E-state index >= 15 is 0 Å². The van der Waals surface area contributed by atoms with E-state index in [1.807, 2.05) is 0 Å². The van der Waals surface area contributed by atoms with Crippen LogP contribution in [0.1, 0.15) is 32.6 Å². The van der Waals surface area contributed by atoms with E-state index < -0.39 is 0 Å². The van der Waals surface area contributed by atoms with Crippen LogP contribution in [0.15, 0.2) is 12.2 Å². The van der Waals surface area contributed by atoms with E-state index in [4.69, 9.17) is 0 Å². The van der Waals surface area contributed by atoms with Gasteiger partial charge in [0.05, 0.1) is 0 Å². The van der Waals surface area contributed by atoms with Crippen LogP contribution in [0.25, 0.3) is 0 Å². The molecule has 1 aliphatic carbocycles. The van der Waals surface area contributed by atoms with Crippen molar-refractivity contribution >= 4 is 5.91 Å². The number of hydrogen-bond donors (Lipinski definition) is 2. The zero-order chi connectivity index (χ0) is 10.9. The van der Waals surface area contributed by atoms with Crippen molar-refractivity contribution < 1.29 is 4.79 Å². The van der Waals surface area contributed by atoms with Crippen molar-refractivity contribution in [2.24, 2.45) is 5.92 Å². The largest absolute Gasteiger partial charge is 0.355 e. The van der Waals surface area contributed by atoms with Crippen LogP contribution < -0.4 is 10.6 Å². The Balaban J connectivity index is 1.96. The Bertz CT molecular complexity index is 214. The van der Waals surface area contributed by atoms with Gasteiger partial charge in [-0.05, 0) is 31.7 Å². The van der Waals surface area contributed by atoms with Gasteiger partial charge in [-0.1, -0.05) is 19.1 Å². The minimum absolute atomic E-state index is 0.185. The molecule has 0 aromatic heterocycles. The summed E-state index contributed by atoms with van der Waals surface area (Å²) < 4.78 is 0. The zero-order valence-electron chi connectivity index (χ0n) is 9.59. The van der Waals surface area contributed by atoms with E-state index in [0.717, 1.165) is 38.9 Å². The van der Waals surface area contributed by atoms with Crippen LogP contribution in [-0.2, 0) is 4.79 Å². The first-order chi connectivity index (χ1) is 7.33. The molecule has 1 aliphatic rings. The molecule has 0 fully saturated rings. The summed E-state index contributed by atoms with van der Waals surface area (Å²) >= 11 is 0. The Labute approximate surface area is 92.3 Å². The summed E-state index contributed by atoms with van der Waals surface area (Å²) in [5.41, 5.74) is 0. The first kappa shape index (κ1) is 12.2. The van der Waals surface area contributed by atoms with E-state index in [0.29, 0.717) is 12.3 Å². The highest BCUT2D eigenvalue weighted by atomic mass is 16.1. The van der Waals surface area contributed by atoms with Crippen molar-refractivity contribution in [1.82, 2.24) is 10.6 Å². The Kier molecular flexibility index (Phi) is 6.09. The number of amides is 1. The topological polar surface area (TPSA) is 41.1 Å². The lowest BCUT2D eigenvalue weighted by atomic mass is 10.1. The predicted octanol–water partition coefficient (Wildman–Crippen LogP) is 1.46. The summed E-state index contributed by atoms with van der Waals surface area (Å²) in [6.45, 7) is 4.79. The first-order valence-electron chi connectivity index (χ1n) is 5.97. The maximum atomic E-state index is 11.5. The highest BCUT2D eigenvalue weighted by molar-refractivity contribution is 5.76. The molecule has 0 radical (unpaired) electrons. The molecule has 1 atom stereocenters. The van der Waals surface area contributed by atoms with E-state index in [1.165, 1.54) is 0 Å². The van der Waals surface area contributed by atoms with E-state index in [1.54, 1.807) is 0 Å². The molecule has 3 nitrogen and oxygen atoms in total. The second kappa shape index (κ2) is 7.46. The minimum Gasteiger partial charge on any atom is -0.355 e. The van der Waals surface area contributed by atoms with E-state index in [9.17, 15) is 4.79 Å². The molecule has 0 aromatic rings. The van der Waals surface area contributed by atoms with Crippen molar-refractivity contribution in [2.75, 3.05) is 19.6 Å². The molecule has 15 heavy (non-hydrogen) atoms. The Morgan fingerprint density at radius 2 is 2.27 bits per heavy atom. The van der Waals surface area contributed by atoms with Crippen molar-refractivity contribution in [3.63, 3.8) is 0 Å². The summed E-state index contributed by atoms with van der Waals surface area (Å²) in [6.07, 6.45) is 8.40. The summed E-state index contributed by atoms with van der Waals surface area (Å²) in [6, 6.07) is 0. The van der Waals surface area contributed by atoms with E-state index in [2.05, 4.69) is 29.7 Å². The standard InChI is InChI=1S/C12H22N2O/c1-2-7-13-8-9-14-12(15)10-11-5-3-4-6-11/h3,5,11,13H,2,4,6-10H2,1H3,(H,14,15). The highest BCUT2D eigenvalue weighted by Crippen LogP contribution is 2.19. The number of carbonyl (C=O) groups is 1. The van der Waals surface area contributed by atoms with Gasteiger partial charge in [0.25, 0.3) is 0 Å². The fourth-order valence-corrected chi connectivity index (χ4v) is 1.77. The molecule has 0 aliphatic heterocycles. The average Bonchev–Trinajstić information content (AvgIpc) is 2.70. The predicted molar refractivity (Wildman–Crippen MR) is 62.7 cm³/mol. The first-order valence-corrected chi connectivity index (χ1v) is 5.97. The summed E-state index contributed by atoms with van der Waals surface area (Å²) in [5.74, 6) is 0.665. The van der Waals surface area contributed by atoms with Crippen LogP contribution in [0.5, 0.6) is 0 Å². The minimum atomic E-state index is 0.185. The SMILES string of the molecule is CCCNCCNC(=O)CC1C=CCC1. The molecular formula is C12H22N2O. The number of hydrogen-bond acceptors (Lipinski definition) is 2. The fraction of sp³-hybridized carbons (Fsp3) is 0.750. The lowest BCUT2D eigenvalue weighted by Crippen LogP contribution is -2.32. The summed E-state index contributed by atoms with van der Waals surface area (Å²) in [5, 5.41) is 6.19. The molecule has 3 heteroatoms. The number of nitrogens with one attached hydrogen (secondary N) is 2. The molecule has 0 saturated carbocycles. The normalized spacial score (nSPS) is 19.4. The second-order valence-electron chi connectivity index (χ2n) is 4.07. The lowest BCUT2D eigenvalue weighted by molar-refractivity contribution is -0.121. The summed E-state index contributed by atoms with van der Waals surface area (Å²) in [4.78, 5) is 11.5. The molecule has 2 N–H and O–H groups in total. The van der Waals surface area contributed by atoms with Gasteiger partial charge in [0.1, 0.15) is 0 Å². The monoisotopic (exact) mass is 210 g/mol. The van der Waals surface area contributed by atoms with Crippen LogP contribution >= 0.6 is 0 Å². The smallest absolute Gasteiger partial charge is 0.220 e. The van der Waals surface area contributed by atoms with Gasteiger partial charge in [0.15, 0.2) is 0 Å². The molecule has 86 valence electrons. The van der Waals surface area contributed by atoms with Crippen molar-refractivity contribution in [1.29, 1.82) is 0 Å². The molecule has 0 bridgehead atoms. The molecule has 1 amide bonds. The third-order valence-corrected chi connectivity index (χ3v) is 2.61. The fourth-order valence-electron chi connectivity index (χ4n) is 1.77. The van der Waals surface area contributed by atoms with Gasteiger partial charge in [-0.2, -0.15) is 0 Å². The molecule has 1 unspecified atom stereocenters. The van der Waals surface area contributed by atoms with Crippen LogP contribution in [0.2, 0.25) is 0 Å². The van der Waals surface area contributed by atoms with Crippen LogP contribution in [0.4, 0.5) is 0 Å². The van der Waals surface area contributed by atoms with Gasteiger partial charge in [-0.3, -0.25) is 4.79 Å². The quantitative estimate of drug-likeness (QED) is 0.493. The van der Waals surface area contributed by atoms with Crippen molar-refractivity contribution in [3.8, 4) is 0 Å². The average molecular weight is 210 g/mol. The summed E-state index contributed by atoms with van der Waals surface area (Å²) in [7, 11) is 0. The van der Waals surface area contributed by atoms with Gasteiger partial charge in [0, 0.05) is 19.5 Å². The van der Waals surface area contributed by atoms with Crippen LogP contribution in [-0.4, -0.2) is 25.5 Å². The highest BCUT2D eigenvalue weighted by Gasteiger charge is 2.12. The maximum Gasteiger partial charge on any atom is 0.220 e. The molecule has 0 spiro atoms. The Morgan fingerprint density at radius 1 is 1.40 bits per heavy atom. The van der Waals surface area contributed by atoms with Crippen molar-refractivity contribution in [2.45, 2.75) is 32.6 Å². The van der Waals surface area contributed by atoms with Crippen LogP contribution in [0.3, 0.4) is 0 Å². The van der Waals surface area contributed by atoms with Crippen LogP contribution in [0, 0.1) is 5.92 Å². The third-order valence-electron chi connectivity index (χ3n) is 2.61. The van der Waals surface area contributed by atoms with Gasteiger partial charge in [-0.15, -0.1) is 0 Å². The maximum absolute atomic E-state index is 11.5. The molecule has 1 rings (SSSR count). The van der Waals surface area contributed by atoms with E-state index in [-0.39, 0.29) is 5.91 Å². The Morgan fingerprint density at radius 3 is 2.93 bits per heavy atom. The van der Waals surface area contributed by atoms with Gasteiger partial charge >= 0.3 is 0 Å². The number of allylic oxidation sites excluding steroid dienone is 2. The number of rotatable bonds is 7. The molecule has 0 saturated heterocycles. The van der Waals surface area contributed by atoms with Gasteiger partial charge in [-0.25, -0.2) is 0 Å². The van der Waals surface area contributed by atoms with Gasteiger partial charge in [0.2, 0.25) is 5.91 Å². The molecule has 0 aromatic carbocycles. The zero-order valence-corrected chi connectivity index (χ0v) is 9.59.